The summed E-state index contributed by atoms with van der Waals surface area (Å²) in [5.41, 5.74) is -1.84. The van der Waals surface area contributed by atoms with Crippen LogP contribution in [-0.4, -0.2) is 55.9 Å². The molecular formula is C27H30ClF3N2O6S. The van der Waals surface area contributed by atoms with Gasteiger partial charge >= 0.3 is 0 Å². The van der Waals surface area contributed by atoms with Crippen molar-refractivity contribution in [3.8, 4) is 0 Å². The van der Waals surface area contributed by atoms with E-state index >= 15 is 0 Å². The number of methoxy groups -OCH3 is 1. The average Bonchev–Trinajstić information content (AvgIpc) is 3.03. The first-order valence-corrected chi connectivity index (χ1v) is 14.7. The van der Waals surface area contributed by atoms with Gasteiger partial charge in [-0.25, -0.2) is 21.6 Å². The molecule has 0 saturated heterocycles. The highest BCUT2D eigenvalue weighted by molar-refractivity contribution is 7.92. The van der Waals surface area contributed by atoms with Gasteiger partial charge in [-0.3, -0.25) is 9.59 Å². The highest BCUT2D eigenvalue weighted by Gasteiger charge is 2.56. The molecule has 0 aromatic heterocycles. The number of hydrogen-bond donors (Lipinski definition) is 3. The maximum atomic E-state index is 13.7. The SMILES string of the molecule is COC[C@H](C)NC(=O)C[C@@]1(O)C2CC[C@H]1C[C@H](S(=O)(=O)c1cc(C(=O)Nc3cc(F)c(F)c(F)c3)ccc1Cl)C2. The zero-order valence-electron chi connectivity index (χ0n) is 21.8. The van der Waals surface area contributed by atoms with Gasteiger partial charge in [0.2, 0.25) is 5.91 Å². The number of ether oxygens (including phenoxy) is 1. The number of halogens is 4. The number of rotatable bonds is 9. The predicted octanol–water partition coefficient (Wildman–Crippen LogP) is 4.24. The molecule has 2 amide bonds. The van der Waals surface area contributed by atoms with Gasteiger partial charge in [0.05, 0.1) is 33.8 Å². The van der Waals surface area contributed by atoms with Gasteiger partial charge in [0.1, 0.15) is 0 Å². The van der Waals surface area contributed by atoms with E-state index in [1.165, 1.54) is 19.2 Å². The van der Waals surface area contributed by atoms with Crippen LogP contribution in [0.1, 0.15) is 49.4 Å². The second-order valence-electron chi connectivity index (χ2n) is 10.6. The molecular weight excluding hydrogens is 573 g/mol. The third-order valence-electron chi connectivity index (χ3n) is 7.82. The zero-order valence-corrected chi connectivity index (χ0v) is 23.4. The highest BCUT2D eigenvalue weighted by atomic mass is 35.5. The first-order chi connectivity index (χ1) is 18.8. The normalized spacial score (nSPS) is 24.9. The van der Waals surface area contributed by atoms with Gasteiger partial charge in [-0.15, -0.1) is 0 Å². The first-order valence-electron chi connectivity index (χ1n) is 12.8. The van der Waals surface area contributed by atoms with Crippen LogP contribution in [-0.2, 0) is 19.4 Å². The lowest BCUT2D eigenvalue weighted by Gasteiger charge is -2.42. The fraction of sp³-hybridized carbons (Fsp3) is 0.481. The maximum Gasteiger partial charge on any atom is 0.255 e. The molecule has 13 heteroatoms. The van der Waals surface area contributed by atoms with Crippen molar-refractivity contribution < 1.29 is 41.0 Å². The number of fused-ring (bicyclic) bond motifs is 2. The summed E-state index contributed by atoms with van der Waals surface area (Å²) in [7, 11) is -2.57. The molecule has 4 rings (SSSR count). The summed E-state index contributed by atoms with van der Waals surface area (Å²) in [6.07, 6.45) is 1.20. The van der Waals surface area contributed by atoms with Crippen molar-refractivity contribution in [2.45, 2.75) is 60.8 Å². The molecule has 2 aromatic carbocycles. The van der Waals surface area contributed by atoms with E-state index in [1.807, 2.05) is 0 Å². The molecule has 0 spiro atoms. The standard InChI is InChI=1S/C27H30ClF3N2O6S/c1-14(13-39-2)32-24(34)12-27(36)16-4-5-17(27)9-19(8-16)40(37,38)23-7-15(3-6-20(23)28)26(35)33-18-10-21(29)25(31)22(30)11-18/h3,6-7,10-11,14,16-17,19,36H,4-5,8-9,12-13H2,1-2H3,(H,32,34)(H,33,35)/t14-,16-,17?,19-,27-/m0/s1. The smallest absolute Gasteiger partial charge is 0.255 e. The van der Waals surface area contributed by atoms with E-state index in [0.29, 0.717) is 31.6 Å². The Bertz CT molecular complexity index is 1390. The number of benzene rings is 2. The van der Waals surface area contributed by atoms with Crippen LogP contribution in [0, 0.1) is 29.3 Å². The lowest BCUT2D eigenvalue weighted by atomic mass is 9.72. The molecule has 0 radical (unpaired) electrons. The monoisotopic (exact) mass is 602 g/mol. The van der Waals surface area contributed by atoms with Crippen molar-refractivity contribution in [1.29, 1.82) is 0 Å². The number of anilines is 1. The number of sulfone groups is 1. The Balaban J connectivity index is 1.51. The number of aliphatic hydroxyl groups is 1. The number of amides is 2. The molecule has 0 heterocycles. The van der Waals surface area contributed by atoms with E-state index in [4.69, 9.17) is 16.3 Å². The van der Waals surface area contributed by atoms with Crippen LogP contribution >= 0.6 is 11.6 Å². The molecule has 0 aliphatic heterocycles. The Kier molecular flexibility index (Phi) is 8.84. The van der Waals surface area contributed by atoms with Gasteiger partial charge in [-0.2, -0.15) is 0 Å². The van der Waals surface area contributed by atoms with Crippen LogP contribution in [0.25, 0.3) is 0 Å². The minimum atomic E-state index is -4.08. The van der Waals surface area contributed by atoms with Gasteiger partial charge in [-0.05, 0) is 62.6 Å². The second-order valence-corrected chi connectivity index (χ2v) is 13.2. The maximum absolute atomic E-state index is 13.7. The van der Waals surface area contributed by atoms with Crippen LogP contribution in [0.15, 0.2) is 35.2 Å². The van der Waals surface area contributed by atoms with E-state index < -0.39 is 55.9 Å². The molecule has 40 heavy (non-hydrogen) atoms. The Morgan fingerprint density at radius 3 is 2.30 bits per heavy atom. The third kappa shape index (κ3) is 6.00. The molecule has 2 fully saturated rings. The summed E-state index contributed by atoms with van der Waals surface area (Å²) in [6, 6.07) is 4.51. The Morgan fingerprint density at radius 2 is 1.73 bits per heavy atom. The average molecular weight is 603 g/mol. The van der Waals surface area contributed by atoms with Crippen LogP contribution in [0.2, 0.25) is 5.02 Å². The molecule has 5 atom stereocenters. The fourth-order valence-corrected chi connectivity index (χ4v) is 8.30. The van der Waals surface area contributed by atoms with Crippen LogP contribution in [0.3, 0.4) is 0 Å². The van der Waals surface area contributed by atoms with Crippen molar-refractivity contribution >= 4 is 38.9 Å². The van der Waals surface area contributed by atoms with E-state index in [-0.39, 0.29) is 52.4 Å². The zero-order chi connectivity index (χ0) is 29.4. The Morgan fingerprint density at radius 1 is 1.12 bits per heavy atom. The van der Waals surface area contributed by atoms with E-state index in [9.17, 15) is 36.3 Å². The van der Waals surface area contributed by atoms with E-state index in [0.717, 1.165) is 6.07 Å². The summed E-state index contributed by atoms with van der Waals surface area (Å²) in [5.74, 6) is -6.76. The quantitative estimate of drug-likeness (QED) is 0.369. The van der Waals surface area contributed by atoms with Crippen molar-refractivity contribution in [2.75, 3.05) is 19.0 Å². The van der Waals surface area contributed by atoms with Crippen LogP contribution in [0.5, 0.6) is 0 Å². The number of carbonyl (C=O) groups is 2. The number of hydrogen-bond acceptors (Lipinski definition) is 6. The van der Waals surface area contributed by atoms with Crippen molar-refractivity contribution in [3.63, 3.8) is 0 Å². The van der Waals surface area contributed by atoms with Gasteiger partial charge in [0.15, 0.2) is 27.3 Å². The lowest BCUT2D eigenvalue weighted by Crippen LogP contribution is -2.51. The Hall–Kier alpha value is -2.67. The third-order valence-corrected chi connectivity index (χ3v) is 10.5. The summed E-state index contributed by atoms with van der Waals surface area (Å²) in [5, 5.41) is 15.4. The van der Waals surface area contributed by atoms with Gasteiger partial charge in [0.25, 0.3) is 5.91 Å². The molecule has 2 saturated carbocycles. The van der Waals surface area contributed by atoms with Crippen molar-refractivity contribution in [3.05, 3.63) is 58.4 Å². The molecule has 218 valence electrons. The van der Waals surface area contributed by atoms with Crippen LogP contribution in [0.4, 0.5) is 18.9 Å². The van der Waals surface area contributed by atoms with E-state index in [2.05, 4.69) is 10.6 Å². The van der Waals surface area contributed by atoms with Crippen molar-refractivity contribution in [1.82, 2.24) is 5.32 Å². The minimum Gasteiger partial charge on any atom is -0.389 e. The van der Waals surface area contributed by atoms with Crippen LogP contribution < -0.4 is 10.6 Å². The second kappa shape index (κ2) is 11.7. The first kappa shape index (κ1) is 30.3. The summed E-state index contributed by atoms with van der Waals surface area (Å²) in [4.78, 5) is 25.0. The molecule has 2 aliphatic rings. The number of carbonyl (C=O) groups excluding carboxylic acids is 2. The minimum absolute atomic E-state index is 0.108. The topological polar surface area (TPSA) is 122 Å². The summed E-state index contributed by atoms with van der Waals surface area (Å²) < 4.78 is 72.8. The lowest BCUT2D eigenvalue weighted by molar-refractivity contribution is -0.133. The highest BCUT2D eigenvalue weighted by Crippen LogP contribution is 2.53. The van der Waals surface area contributed by atoms with Gasteiger partial charge in [-0.1, -0.05) is 11.6 Å². The molecule has 3 N–H and O–H groups in total. The van der Waals surface area contributed by atoms with Gasteiger partial charge in [0, 0.05) is 36.5 Å². The molecule has 1 unspecified atom stereocenters. The summed E-state index contributed by atoms with van der Waals surface area (Å²) in [6.45, 7) is 2.09. The molecule has 2 aliphatic carbocycles. The molecule has 2 bridgehead atoms. The van der Waals surface area contributed by atoms with Gasteiger partial charge < -0.3 is 20.5 Å². The number of nitrogens with one attached hydrogen (secondary N) is 2. The summed E-state index contributed by atoms with van der Waals surface area (Å²) >= 11 is 6.25. The molecule has 8 nitrogen and oxygen atoms in total. The molecule has 2 aromatic rings. The van der Waals surface area contributed by atoms with Crippen molar-refractivity contribution in [2.24, 2.45) is 11.8 Å². The Labute approximate surface area is 235 Å². The largest absolute Gasteiger partial charge is 0.389 e. The van der Waals surface area contributed by atoms with E-state index in [1.54, 1.807) is 6.92 Å². The predicted molar refractivity (Wildman–Crippen MR) is 141 cm³/mol. The fourth-order valence-electron chi connectivity index (χ4n) is 5.90.